The first-order valence-electron chi connectivity index (χ1n) is 7.65. The van der Waals surface area contributed by atoms with E-state index in [0.29, 0.717) is 5.56 Å². The van der Waals surface area contributed by atoms with Crippen molar-refractivity contribution in [1.82, 2.24) is 5.32 Å². The van der Waals surface area contributed by atoms with Gasteiger partial charge in [-0.15, -0.1) is 11.8 Å². The highest BCUT2D eigenvalue weighted by Crippen LogP contribution is 2.57. The number of carboxylic acids is 2. The number of hydrogen-bond acceptors (Lipinski definition) is 6. The molecule has 1 aromatic heterocycles. The van der Waals surface area contributed by atoms with Crippen molar-refractivity contribution >= 4 is 46.7 Å². The zero-order chi connectivity index (χ0) is 18.5. The van der Waals surface area contributed by atoms with E-state index in [1.54, 1.807) is 30.7 Å². The molecule has 0 bridgehead atoms. The molecule has 0 radical (unpaired) electrons. The number of amides is 1. The van der Waals surface area contributed by atoms with Gasteiger partial charge in [-0.2, -0.15) is 11.3 Å². The summed E-state index contributed by atoms with van der Waals surface area (Å²) in [6.45, 7) is 3.54. The Kier molecular flexibility index (Phi) is 4.40. The van der Waals surface area contributed by atoms with Gasteiger partial charge < -0.3 is 15.5 Å². The van der Waals surface area contributed by atoms with Crippen LogP contribution in [0.5, 0.6) is 0 Å². The van der Waals surface area contributed by atoms with E-state index in [2.05, 4.69) is 5.32 Å². The number of hydrogen-bond donors (Lipinski definition) is 3. The Balaban J connectivity index is 1.77. The largest absolute Gasteiger partial charge is 0.481 e. The molecule has 0 spiro atoms. The van der Waals surface area contributed by atoms with Crippen LogP contribution in [0.3, 0.4) is 0 Å². The molecule has 5 unspecified atom stereocenters. The van der Waals surface area contributed by atoms with Crippen LogP contribution in [-0.2, 0) is 19.2 Å². The Morgan fingerprint density at radius 1 is 1.28 bits per heavy atom. The molecule has 9 heteroatoms. The minimum Gasteiger partial charge on any atom is -0.481 e. The minimum atomic E-state index is -1.38. The summed E-state index contributed by atoms with van der Waals surface area (Å²) in [7, 11) is 0. The molecule has 1 amide bonds. The minimum absolute atomic E-state index is 0.335. The number of nitrogens with one attached hydrogen (secondary N) is 1. The highest BCUT2D eigenvalue weighted by atomic mass is 32.2. The van der Waals surface area contributed by atoms with Gasteiger partial charge in [-0.1, -0.05) is 0 Å². The molecule has 1 aliphatic heterocycles. The molecule has 2 heterocycles. The average molecular weight is 383 g/mol. The Hall–Kier alpha value is -1.87. The molecule has 1 aromatic rings. The molecule has 2 fully saturated rings. The number of thioether (sulfide) groups is 1. The Bertz CT molecular complexity index is 744. The fraction of sp³-hybridized carbons (Fsp3) is 0.500. The molecule has 2 aliphatic rings. The van der Waals surface area contributed by atoms with Crippen molar-refractivity contribution in [3.8, 4) is 0 Å². The quantitative estimate of drug-likeness (QED) is 0.653. The number of rotatable bonds is 5. The lowest BCUT2D eigenvalue weighted by Crippen LogP contribution is -2.64. The number of aliphatic carboxylic acids is 2. The van der Waals surface area contributed by atoms with Crippen LogP contribution in [0.4, 0.5) is 0 Å². The molecule has 1 saturated carbocycles. The van der Waals surface area contributed by atoms with E-state index in [0.717, 1.165) is 0 Å². The third kappa shape index (κ3) is 2.85. The highest BCUT2D eigenvalue weighted by molar-refractivity contribution is 8.01. The van der Waals surface area contributed by atoms with Crippen LogP contribution in [0.25, 0.3) is 0 Å². The predicted octanol–water partition coefficient (Wildman–Crippen LogP) is 1.19. The van der Waals surface area contributed by atoms with E-state index < -0.39 is 46.4 Å². The van der Waals surface area contributed by atoms with E-state index in [1.807, 2.05) is 0 Å². The van der Waals surface area contributed by atoms with Crippen LogP contribution in [0.15, 0.2) is 16.8 Å². The summed E-state index contributed by atoms with van der Waals surface area (Å²) >= 11 is 2.64. The summed E-state index contributed by atoms with van der Waals surface area (Å²) in [4.78, 5) is 47.8. The zero-order valence-electron chi connectivity index (χ0n) is 13.5. The maximum atomic E-state index is 12.4. The number of Topliss-reactive ketones (excluding diaryl/α,β-unsaturated/α-hetero) is 1. The molecule has 134 valence electrons. The van der Waals surface area contributed by atoms with E-state index >= 15 is 0 Å². The number of ketones is 1. The molecule has 1 saturated heterocycles. The zero-order valence-corrected chi connectivity index (χ0v) is 15.1. The second-order valence-corrected chi connectivity index (χ2v) is 9.36. The average Bonchev–Trinajstić information content (AvgIpc) is 3.09. The maximum absolute atomic E-state index is 12.4. The molecular formula is C16H17NO6S2. The normalized spacial score (nSPS) is 30.9. The monoisotopic (exact) mass is 383 g/mol. The number of carbonyl (C=O) groups excluding carboxylic acids is 2. The lowest BCUT2D eigenvalue weighted by Gasteiger charge is -2.39. The van der Waals surface area contributed by atoms with E-state index in [9.17, 15) is 29.4 Å². The van der Waals surface area contributed by atoms with E-state index in [1.165, 1.54) is 23.1 Å². The van der Waals surface area contributed by atoms with Gasteiger partial charge in [0.1, 0.15) is 6.04 Å². The van der Waals surface area contributed by atoms with Crippen LogP contribution in [-0.4, -0.2) is 49.9 Å². The first kappa shape index (κ1) is 17.9. The van der Waals surface area contributed by atoms with Crippen LogP contribution < -0.4 is 5.32 Å². The smallest absolute Gasteiger partial charge is 0.320 e. The summed E-state index contributed by atoms with van der Waals surface area (Å²) < 4.78 is -0.629. The number of thiophene rings is 1. The van der Waals surface area contributed by atoms with Gasteiger partial charge in [0.05, 0.1) is 5.92 Å². The van der Waals surface area contributed by atoms with Crippen molar-refractivity contribution in [1.29, 1.82) is 0 Å². The first-order chi connectivity index (χ1) is 11.6. The Morgan fingerprint density at radius 3 is 2.48 bits per heavy atom. The number of carboxylic acid groups (broad SMARTS) is 2. The van der Waals surface area contributed by atoms with Crippen LogP contribution in [0.2, 0.25) is 0 Å². The SMILES string of the molecule is CC1(C)SC2C(NC(=O)C(C(=O)O)c3ccsc3)C(=O)C2C1C(=O)O. The van der Waals surface area contributed by atoms with Crippen molar-refractivity contribution < 1.29 is 29.4 Å². The summed E-state index contributed by atoms with van der Waals surface area (Å²) in [6, 6.07) is 0.717. The van der Waals surface area contributed by atoms with Crippen molar-refractivity contribution in [3.63, 3.8) is 0 Å². The van der Waals surface area contributed by atoms with Gasteiger partial charge in [0.2, 0.25) is 5.91 Å². The Labute approximate surface area is 151 Å². The Morgan fingerprint density at radius 2 is 1.96 bits per heavy atom. The van der Waals surface area contributed by atoms with Gasteiger partial charge in [-0.25, -0.2) is 0 Å². The van der Waals surface area contributed by atoms with Gasteiger partial charge in [0.15, 0.2) is 11.7 Å². The van der Waals surface area contributed by atoms with E-state index in [4.69, 9.17) is 0 Å². The summed E-state index contributed by atoms with van der Waals surface area (Å²) in [5.41, 5.74) is 0.362. The number of fused-ring (bicyclic) bond motifs is 1. The lowest BCUT2D eigenvalue weighted by atomic mass is 9.67. The van der Waals surface area contributed by atoms with Crippen molar-refractivity contribution in [2.75, 3.05) is 0 Å². The third-order valence-electron chi connectivity index (χ3n) is 4.81. The molecule has 25 heavy (non-hydrogen) atoms. The molecule has 1 aliphatic carbocycles. The highest BCUT2D eigenvalue weighted by Gasteiger charge is 2.66. The van der Waals surface area contributed by atoms with Crippen molar-refractivity contribution in [3.05, 3.63) is 22.4 Å². The van der Waals surface area contributed by atoms with Crippen LogP contribution in [0.1, 0.15) is 25.3 Å². The predicted molar refractivity (Wildman–Crippen MR) is 91.7 cm³/mol. The topological polar surface area (TPSA) is 121 Å². The van der Waals surface area contributed by atoms with Gasteiger partial charge in [0.25, 0.3) is 0 Å². The van der Waals surface area contributed by atoms with Gasteiger partial charge in [-0.3, -0.25) is 19.2 Å². The molecule has 3 N–H and O–H groups in total. The van der Waals surface area contributed by atoms with Crippen molar-refractivity contribution in [2.45, 2.75) is 35.8 Å². The number of carbonyl (C=O) groups is 4. The van der Waals surface area contributed by atoms with E-state index in [-0.39, 0.29) is 11.0 Å². The maximum Gasteiger partial charge on any atom is 0.320 e. The molecule has 7 nitrogen and oxygen atoms in total. The summed E-state index contributed by atoms with van der Waals surface area (Å²) in [6.07, 6.45) is 0. The summed E-state index contributed by atoms with van der Waals surface area (Å²) in [5.74, 6) is -6.24. The lowest BCUT2D eigenvalue weighted by molar-refractivity contribution is -0.151. The molecular weight excluding hydrogens is 366 g/mol. The molecule has 0 aromatic carbocycles. The second-order valence-electron chi connectivity index (χ2n) is 6.74. The standard InChI is InChI=1S/C16H17NO6S2/c1-16(2)9(15(22)23)8-11(18)10(12(8)25-16)17-13(19)7(14(20)21)6-3-4-24-5-6/h3-5,7-10,12H,1-2H3,(H,17,19)(H,20,21)(H,22,23). The molecule has 5 atom stereocenters. The van der Waals surface area contributed by atoms with Gasteiger partial charge in [-0.05, 0) is 36.2 Å². The molecule has 3 rings (SSSR count). The van der Waals surface area contributed by atoms with Gasteiger partial charge in [0, 0.05) is 15.9 Å². The van der Waals surface area contributed by atoms with Crippen LogP contribution in [0, 0.1) is 11.8 Å². The first-order valence-corrected chi connectivity index (χ1v) is 9.47. The second kappa shape index (κ2) is 6.14. The fourth-order valence-corrected chi connectivity index (χ4v) is 6.22. The summed E-state index contributed by atoms with van der Waals surface area (Å²) in [5, 5.41) is 24.2. The van der Waals surface area contributed by atoms with Crippen molar-refractivity contribution in [2.24, 2.45) is 11.8 Å². The van der Waals surface area contributed by atoms with Gasteiger partial charge >= 0.3 is 11.9 Å². The fourth-order valence-electron chi connectivity index (χ4n) is 3.66. The van der Waals surface area contributed by atoms with Crippen LogP contribution >= 0.6 is 23.1 Å². The third-order valence-corrected chi connectivity index (χ3v) is 7.22.